The molecule has 9 heteroatoms. The van der Waals surface area contributed by atoms with Gasteiger partial charge in [0.15, 0.2) is 0 Å². The summed E-state index contributed by atoms with van der Waals surface area (Å²) >= 11 is 0. The van der Waals surface area contributed by atoms with Crippen molar-refractivity contribution in [3.8, 4) is 5.88 Å². The van der Waals surface area contributed by atoms with Gasteiger partial charge in [0.25, 0.3) is 5.91 Å². The van der Waals surface area contributed by atoms with Crippen molar-refractivity contribution < 1.29 is 29.3 Å². The topological polar surface area (TPSA) is 153 Å². The molecule has 0 aliphatic heterocycles. The number of hydrogen-bond donors (Lipinski definition) is 3. The van der Waals surface area contributed by atoms with E-state index in [-0.39, 0.29) is 5.69 Å². The van der Waals surface area contributed by atoms with Crippen molar-refractivity contribution in [2.75, 3.05) is 7.11 Å². The van der Waals surface area contributed by atoms with Gasteiger partial charge in [0.2, 0.25) is 5.88 Å². The fourth-order valence-electron chi connectivity index (χ4n) is 1.38. The molecule has 0 aliphatic rings. The summed E-state index contributed by atoms with van der Waals surface area (Å²) in [7, 11) is 1.54. The Bertz CT molecular complexity index is 756. The van der Waals surface area contributed by atoms with Crippen molar-refractivity contribution in [1.29, 1.82) is 0 Å². The number of ether oxygens (including phenoxy) is 1. The summed E-state index contributed by atoms with van der Waals surface area (Å²) < 4.78 is 4.97. The number of fused-ring (bicyclic) bond motifs is 1. The van der Waals surface area contributed by atoms with E-state index in [0.29, 0.717) is 29.1 Å². The van der Waals surface area contributed by atoms with Crippen LogP contribution < -0.4 is 10.5 Å². The number of carbonyl (C=O) groups is 3. The number of amides is 1. The first-order valence-corrected chi connectivity index (χ1v) is 6.09. The number of hydrogen-bond acceptors (Lipinski definition) is 6. The third-order valence-corrected chi connectivity index (χ3v) is 2.35. The molecular formula is C14H13N3O6. The number of methoxy groups -OCH3 is 1. The number of aliphatic carboxylic acids is 2. The van der Waals surface area contributed by atoms with Crippen LogP contribution in [-0.4, -0.2) is 45.1 Å². The maximum atomic E-state index is 10.9. The number of carbonyl (C=O) groups excluding carboxylic acids is 1. The van der Waals surface area contributed by atoms with Crippen molar-refractivity contribution >= 4 is 28.9 Å². The molecule has 1 amide bonds. The Labute approximate surface area is 130 Å². The second-order valence-electron chi connectivity index (χ2n) is 3.96. The molecule has 2 aromatic heterocycles. The molecule has 0 radical (unpaired) electrons. The zero-order chi connectivity index (χ0) is 17.4. The quantitative estimate of drug-likeness (QED) is 0.686. The second-order valence-corrected chi connectivity index (χ2v) is 3.96. The monoisotopic (exact) mass is 319 g/mol. The highest BCUT2D eigenvalue weighted by Crippen LogP contribution is 2.14. The smallest absolute Gasteiger partial charge is 0.328 e. The van der Waals surface area contributed by atoms with Crippen LogP contribution in [0.3, 0.4) is 0 Å². The van der Waals surface area contributed by atoms with Crippen LogP contribution in [0.25, 0.3) is 11.0 Å². The van der Waals surface area contributed by atoms with E-state index in [1.165, 1.54) is 6.07 Å². The lowest BCUT2D eigenvalue weighted by Gasteiger charge is -2.01. The lowest BCUT2D eigenvalue weighted by atomic mass is 10.2. The fourth-order valence-corrected chi connectivity index (χ4v) is 1.38. The maximum absolute atomic E-state index is 10.9. The van der Waals surface area contributed by atoms with Gasteiger partial charge in [-0.15, -0.1) is 0 Å². The Balaban J connectivity index is 0.000000284. The molecule has 23 heavy (non-hydrogen) atoms. The van der Waals surface area contributed by atoms with E-state index in [9.17, 15) is 14.4 Å². The molecule has 0 unspecified atom stereocenters. The van der Waals surface area contributed by atoms with Crippen LogP contribution >= 0.6 is 0 Å². The van der Waals surface area contributed by atoms with Gasteiger partial charge in [-0.2, -0.15) is 0 Å². The van der Waals surface area contributed by atoms with Gasteiger partial charge in [-0.25, -0.2) is 19.6 Å². The Morgan fingerprint density at radius 2 is 1.52 bits per heavy atom. The molecule has 0 saturated carbocycles. The molecule has 0 spiro atoms. The first-order valence-electron chi connectivity index (χ1n) is 6.09. The number of nitrogens with zero attached hydrogens (tertiary/aromatic N) is 2. The number of carboxylic acids is 2. The third kappa shape index (κ3) is 5.79. The van der Waals surface area contributed by atoms with Crippen LogP contribution in [0.5, 0.6) is 5.88 Å². The molecule has 0 bridgehead atoms. The van der Waals surface area contributed by atoms with Gasteiger partial charge in [0.1, 0.15) is 5.69 Å². The Morgan fingerprint density at radius 1 is 1.00 bits per heavy atom. The first kappa shape index (κ1) is 17.6. The molecule has 120 valence electrons. The van der Waals surface area contributed by atoms with Crippen molar-refractivity contribution in [3.63, 3.8) is 0 Å². The number of primary amides is 1. The van der Waals surface area contributed by atoms with Crippen LogP contribution in [0.2, 0.25) is 0 Å². The zero-order valence-electron chi connectivity index (χ0n) is 12.0. The molecule has 0 fully saturated rings. The van der Waals surface area contributed by atoms with Gasteiger partial charge in [-0.1, -0.05) is 0 Å². The maximum Gasteiger partial charge on any atom is 0.328 e. The second kappa shape index (κ2) is 8.08. The molecule has 2 aromatic rings. The van der Waals surface area contributed by atoms with Crippen molar-refractivity contribution in [2.24, 2.45) is 5.73 Å². The highest BCUT2D eigenvalue weighted by molar-refractivity contribution is 5.93. The molecule has 9 nitrogen and oxygen atoms in total. The van der Waals surface area contributed by atoms with Gasteiger partial charge in [0.05, 0.1) is 18.1 Å². The predicted molar refractivity (Wildman–Crippen MR) is 79.0 cm³/mol. The van der Waals surface area contributed by atoms with Crippen molar-refractivity contribution in [1.82, 2.24) is 9.97 Å². The highest BCUT2D eigenvalue weighted by atomic mass is 16.5. The number of pyridine rings is 2. The molecule has 4 N–H and O–H groups in total. The molecular weight excluding hydrogens is 306 g/mol. The molecule has 0 aromatic carbocycles. The Kier molecular flexibility index (Phi) is 6.17. The van der Waals surface area contributed by atoms with Gasteiger partial charge in [0, 0.05) is 18.2 Å². The van der Waals surface area contributed by atoms with E-state index in [0.717, 1.165) is 0 Å². The minimum absolute atomic E-state index is 0.231. The standard InChI is InChI=1S/C10H9N3O2.C4H4O4/c1-15-9-5-4-6-7(13-9)2-3-8(12-6)10(11)14;5-3(6)1-2-4(7)8/h2-5H,1H3,(H2,11,14);1-2H,(H,5,6)(H,7,8)/b;2-1+. The Morgan fingerprint density at radius 3 is 2.00 bits per heavy atom. The lowest BCUT2D eigenvalue weighted by molar-refractivity contribution is -0.134. The number of rotatable bonds is 4. The zero-order valence-corrected chi connectivity index (χ0v) is 12.0. The molecule has 0 aliphatic carbocycles. The summed E-state index contributed by atoms with van der Waals surface area (Å²) in [4.78, 5) is 38.2. The fraction of sp³-hybridized carbons (Fsp3) is 0.0714. The van der Waals surface area contributed by atoms with Crippen LogP contribution in [0.1, 0.15) is 10.5 Å². The third-order valence-electron chi connectivity index (χ3n) is 2.35. The average Bonchev–Trinajstić information content (AvgIpc) is 2.52. The van der Waals surface area contributed by atoms with Gasteiger partial charge in [-0.3, -0.25) is 4.79 Å². The summed E-state index contributed by atoms with van der Waals surface area (Å²) in [5.74, 6) is -2.55. The van der Waals surface area contributed by atoms with Gasteiger partial charge >= 0.3 is 11.9 Å². The van der Waals surface area contributed by atoms with E-state index in [2.05, 4.69) is 9.97 Å². The van der Waals surface area contributed by atoms with Gasteiger partial charge < -0.3 is 20.7 Å². The van der Waals surface area contributed by atoms with Gasteiger partial charge in [-0.05, 0) is 18.2 Å². The normalized spacial score (nSPS) is 9.96. The summed E-state index contributed by atoms with van der Waals surface area (Å²) in [5, 5.41) is 15.6. The van der Waals surface area contributed by atoms with E-state index < -0.39 is 17.8 Å². The minimum atomic E-state index is -1.26. The predicted octanol–water partition coefficient (Wildman–Crippen LogP) is 0.449. The molecule has 2 heterocycles. The molecule has 0 atom stereocenters. The van der Waals surface area contributed by atoms with Crippen LogP contribution in [-0.2, 0) is 9.59 Å². The average molecular weight is 319 g/mol. The first-order chi connectivity index (χ1) is 10.8. The Hall–Kier alpha value is -3.49. The van der Waals surface area contributed by atoms with E-state index in [1.54, 1.807) is 25.3 Å². The molecule has 2 rings (SSSR count). The van der Waals surface area contributed by atoms with Crippen LogP contribution in [0, 0.1) is 0 Å². The van der Waals surface area contributed by atoms with E-state index in [4.69, 9.17) is 20.7 Å². The van der Waals surface area contributed by atoms with E-state index in [1.807, 2.05) is 0 Å². The highest BCUT2D eigenvalue weighted by Gasteiger charge is 2.04. The lowest BCUT2D eigenvalue weighted by Crippen LogP contribution is -2.12. The minimum Gasteiger partial charge on any atom is -0.481 e. The number of nitrogens with two attached hydrogens (primary N) is 1. The van der Waals surface area contributed by atoms with Crippen molar-refractivity contribution in [3.05, 3.63) is 42.1 Å². The van der Waals surface area contributed by atoms with E-state index >= 15 is 0 Å². The van der Waals surface area contributed by atoms with Crippen LogP contribution in [0.15, 0.2) is 36.4 Å². The largest absolute Gasteiger partial charge is 0.481 e. The SMILES string of the molecule is COc1ccc2nc(C(N)=O)ccc2n1.O=C(O)/C=C/C(=O)O. The summed E-state index contributed by atoms with van der Waals surface area (Å²) in [6.07, 6.45) is 1.12. The summed E-state index contributed by atoms with van der Waals surface area (Å²) in [5.41, 5.74) is 6.63. The van der Waals surface area contributed by atoms with Crippen LogP contribution in [0.4, 0.5) is 0 Å². The number of aromatic nitrogens is 2. The summed E-state index contributed by atoms with van der Waals surface area (Å²) in [6.45, 7) is 0. The molecule has 0 saturated heterocycles. The van der Waals surface area contributed by atoms with Crippen molar-refractivity contribution in [2.45, 2.75) is 0 Å². The summed E-state index contributed by atoms with van der Waals surface area (Å²) in [6, 6.07) is 6.63. The number of carboxylic acid groups (broad SMARTS) is 2.